The molecule has 100 valence electrons. The topological polar surface area (TPSA) is 32.9 Å². The molecule has 0 saturated carbocycles. The Morgan fingerprint density at radius 2 is 1.65 bits per heavy atom. The molecule has 0 spiro atoms. The van der Waals surface area contributed by atoms with Crippen LogP contribution in [0.2, 0.25) is 0 Å². The van der Waals surface area contributed by atoms with E-state index < -0.39 is 11.6 Å². The molecular formula is C16H11F2NO. The highest BCUT2D eigenvalue weighted by Crippen LogP contribution is 2.23. The molecule has 0 aliphatic rings. The van der Waals surface area contributed by atoms with E-state index in [1.54, 1.807) is 31.2 Å². The van der Waals surface area contributed by atoms with Crippen LogP contribution in [0.5, 0.6) is 0 Å². The van der Waals surface area contributed by atoms with Gasteiger partial charge in [-0.25, -0.2) is 8.78 Å². The van der Waals surface area contributed by atoms with Gasteiger partial charge >= 0.3 is 0 Å². The summed E-state index contributed by atoms with van der Waals surface area (Å²) in [4.78, 5) is 15.4. The third-order valence-electron chi connectivity index (χ3n) is 3.30. The maximum atomic E-state index is 13.3. The number of nitrogens with one attached hydrogen (secondary N) is 1. The maximum Gasteiger partial charge on any atom is 0.192 e. The summed E-state index contributed by atoms with van der Waals surface area (Å²) in [7, 11) is 0. The van der Waals surface area contributed by atoms with E-state index in [0.717, 1.165) is 6.07 Å². The van der Waals surface area contributed by atoms with Gasteiger partial charge in [-0.1, -0.05) is 12.1 Å². The molecule has 0 aliphatic heterocycles. The van der Waals surface area contributed by atoms with Crippen molar-refractivity contribution >= 4 is 10.9 Å². The molecule has 2 nitrogen and oxygen atoms in total. The van der Waals surface area contributed by atoms with Crippen LogP contribution in [0.4, 0.5) is 8.78 Å². The third-order valence-corrected chi connectivity index (χ3v) is 3.30. The molecule has 0 radical (unpaired) electrons. The fourth-order valence-electron chi connectivity index (χ4n) is 2.32. The average Bonchev–Trinajstić information content (AvgIpc) is 2.42. The fourth-order valence-corrected chi connectivity index (χ4v) is 2.32. The molecule has 0 fully saturated rings. The number of hydrogen-bond acceptors (Lipinski definition) is 1. The lowest BCUT2D eigenvalue weighted by molar-refractivity contribution is 0.584. The van der Waals surface area contributed by atoms with Crippen LogP contribution in [-0.4, -0.2) is 4.98 Å². The quantitative estimate of drug-likeness (QED) is 0.717. The number of para-hydroxylation sites is 1. The Morgan fingerprint density at radius 1 is 1.00 bits per heavy atom. The first-order valence-corrected chi connectivity index (χ1v) is 6.14. The summed E-state index contributed by atoms with van der Waals surface area (Å²) in [6.07, 6.45) is 0. The Balaban J connectivity index is 2.36. The van der Waals surface area contributed by atoms with E-state index in [0.29, 0.717) is 27.7 Å². The van der Waals surface area contributed by atoms with Gasteiger partial charge in [-0.3, -0.25) is 4.79 Å². The first-order valence-electron chi connectivity index (χ1n) is 6.14. The molecule has 0 saturated heterocycles. The Bertz CT molecular complexity index is 848. The molecule has 3 rings (SSSR count). The first kappa shape index (κ1) is 12.5. The summed E-state index contributed by atoms with van der Waals surface area (Å²) in [5.74, 6) is -1.35. The monoisotopic (exact) mass is 271 g/mol. The summed E-state index contributed by atoms with van der Waals surface area (Å²) in [5, 5.41) is 0.561. The summed E-state index contributed by atoms with van der Waals surface area (Å²) in [5.41, 5.74) is 1.70. The standard InChI is InChI=1S/C16H11F2NO/c1-9-15(10-6-11(17)8-12(18)7-10)19-14-5-3-2-4-13(14)16(9)20/h2-8H,1H3,(H,19,20). The molecule has 1 aromatic heterocycles. The van der Waals surface area contributed by atoms with Crippen LogP contribution in [0.25, 0.3) is 22.2 Å². The number of halogens is 2. The van der Waals surface area contributed by atoms with Gasteiger partial charge in [-0.15, -0.1) is 0 Å². The molecule has 1 heterocycles. The van der Waals surface area contributed by atoms with Crippen LogP contribution in [-0.2, 0) is 0 Å². The minimum absolute atomic E-state index is 0.140. The van der Waals surface area contributed by atoms with Crippen molar-refractivity contribution in [1.82, 2.24) is 4.98 Å². The predicted octanol–water partition coefficient (Wildman–Crippen LogP) is 3.78. The smallest absolute Gasteiger partial charge is 0.192 e. The van der Waals surface area contributed by atoms with Gasteiger partial charge in [0.1, 0.15) is 11.6 Å². The third kappa shape index (κ3) is 1.99. The largest absolute Gasteiger partial charge is 0.354 e. The van der Waals surface area contributed by atoms with Crippen molar-refractivity contribution in [3.05, 3.63) is 69.9 Å². The summed E-state index contributed by atoms with van der Waals surface area (Å²) >= 11 is 0. The Morgan fingerprint density at radius 3 is 2.35 bits per heavy atom. The van der Waals surface area contributed by atoms with E-state index in [2.05, 4.69) is 4.98 Å². The number of benzene rings is 2. The molecular weight excluding hydrogens is 260 g/mol. The van der Waals surface area contributed by atoms with Crippen molar-refractivity contribution in [2.75, 3.05) is 0 Å². The van der Waals surface area contributed by atoms with Crippen LogP contribution in [0.3, 0.4) is 0 Å². The highest BCUT2D eigenvalue weighted by Gasteiger charge is 2.11. The summed E-state index contributed by atoms with van der Waals surface area (Å²) in [6, 6.07) is 10.3. The number of fused-ring (bicyclic) bond motifs is 1. The van der Waals surface area contributed by atoms with Crippen LogP contribution < -0.4 is 5.43 Å². The van der Waals surface area contributed by atoms with Crippen molar-refractivity contribution in [2.24, 2.45) is 0 Å². The lowest BCUT2D eigenvalue weighted by Crippen LogP contribution is -2.09. The second-order valence-corrected chi connectivity index (χ2v) is 4.66. The number of hydrogen-bond donors (Lipinski definition) is 1. The van der Waals surface area contributed by atoms with Crippen molar-refractivity contribution in [3.8, 4) is 11.3 Å². The highest BCUT2D eigenvalue weighted by atomic mass is 19.1. The van der Waals surface area contributed by atoms with Crippen LogP contribution >= 0.6 is 0 Å². The fraction of sp³-hybridized carbons (Fsp3) is 0.0625. The van der Waals surface area contributed by atoms with Crippen molar-refractivity contribution in [3.63, 3.8) is 0 Å². The highest BCUT2D eigenvalue weighted by molar-refractivity contribution is 5.83. The van der Waals surface area contributed by atoms with Crippen molar-refractivity contribution in [1.29, 1.82) is 0 Å². The predicted molar refractivity (Wildman–Crippen MR) is 74.7 cm³/mol. The Kier molecular flexibility index (Phi) is 2.86. The van der Waals surface area contributed by atoms with Crippen LogP contribution in [0.15, 0.2) is 47.3 Å². The van der Waals surface area contributed by atoms with Gasteiger partial charge in [0.05, 0.1) is 5.69 Å². The van der Waals surface area contributed by atoms with E-state index in [4.69, 9.17) is 0 Å². The van der Waals surface area contributed by atoms with E-state index in [1.165, 1.54) is 12.1 Å². The molecule has 2 aromatic carbocycles. The zero-order valence-corrected chi connectivity index (χ0v) is 10.7. The van der Waals surface area contributed by atoms with Crippen LogP contribution in [0.1, 0.15) is 5.56 Å². The van der Waals surface area contributed by atoms with Gasteiger partial charge in [0, 0.05) is 28.1 Å². The summed E-state index contributed by atoms with van der Waals surface area (Å²) < 4.78 is 26.7. The number of H-pyrrole nitrogens is 1. The molecule has 0 aliphatic carbocycles. The van der Waals surface area contributed by atoms with Gasteiger partial charge in [0.2, 0.25) is 0 Å². The van der Waals surface area contributed by atoms with Gasteiger partial charge in [-0.2, -0.15) is 0 Å². The maximum absolute atomic E-state index is 13.3. The summed E-state index contributed by atoms with van der Waals surface area (Å²) in [6.45, 7) is 1.64. The van der Waals surface area contributed by atoms with Gasteiger partial charge in [-0.05, 0) is 31.2 Å². The molecule has 0 unspecified atom stereocenters. The Labute approximate surface area is 113 Å². The molecule has 1 N–H and O–H groups in total. The molecule has 20 heavy (non-hydrogen) atoms. The first-order chi connectivity index (χ1) is 9.56. The van der Waals surface area contributed by atoms with Crippen LogP contribution in [0, 0.1) is 18.6 Å². The second-order valence-electron chi connectivity index (χ2n) is 4.66. The lowest BCUT2D eigenvalue weighted by Gasteiger charge is -2.09. The van der Waals surface area contributed by atoms with Crippen molar-refractivity contribution in [2.45, 2.75) is 6.92 Å². The minimum Gasteiger partial charge on any atom is -0.354 e. The van der Waals surface area contributed by atoms with Gasteiger partial charge in [0.25, 0.3) is 0 Å². The molecule has 4 heteroatoms. The van der Waals surface area contributed by atoms with Gasteiger partial charge in [0.15, 0.2) is 5.43 Å². The minimum atomic E-state index is -0.673. The SMILES string of the molecule is Cc1c(-c2cc(F)cc(F)c2)[nH]c2ccccc2c1=O. The van der Waals surface area contributed by atoms with E-state index in [9.17, 15) is 13.6 Å². The number of pyridine rings is 1. The lowest BCUT2D eigenvalue weighted by atomic mass is 10.0. The van der Waals surface area contributed by atoms with Crippen molar-refractivity contribution < 1.29 is 8.78 Å². The normalized spacial score (nSPS) is 10.9. The zero-order chi connectivity index (χ0) is 14.3. The number of aromatic amines is 1. The van der Waals surface area contributed by atoms with E-state index in [-0.39, 0.29) is 5.43 Å². The number of rotatable bonds is 1. The Hall–Kier alpha value is -2.49. The van der Waals surface area contributed by atoms with Gasteiger partial charge < -0.3 is 4.98 Å². The second kappa shape index (κ2) is 4.56. The average molecular weight is 271 g/mol. The molecule has 0 atom stereocenters. The molecule has 3 aromatic rings. The molecule has 0 bridgehead atoms. The number of aromatic nitrogens is 1. The van der Waals surface area contributed by atoms with E-state index in [1.807, 2.05) is 0 Å². The zero-order valence-electron chi connectivity index (χ0n) is 10.7. The molecule has 0 amide bonds. The van der Waals surface area contributed by atoms with E-state index >= 15 is 0 Å².